The third kappa shape index (κ3) is 1.50. The summed E-state index contributed by atoms with van der Waals surface area (Å²) in [6.45, 7) is 5.25. The van der Waals surface area contributed by atoms with Crippen molar-refractivity contribution in [3.05, 3.63) is 0 Å². The van der Waals surface area contributed by atoms with Crippen LogP contribution in [-0.2, 0) is 0 Å². The van der Waals surface area contributed by atoms with E-state index in [9.17, 15) is 5.11 Å². The van der Waals surface area contributed by atoms with Gasteiger partial charge in [-0.15, -0.1) is 0 Å². The van der Waals surface area contributed by atoms with Crippen molar-refractivity contribution >= 4 is 0 Å². The fourth-order valence-electron chi connectivity index (χ4n) is 3.16. The molecule has 1 N–H and O–H groups in total. The van der Waals surface area contributed by atoms with Gasteiger partial charge in [0.2, 0.25) is 0 Å². The number of hydrogen-bond acceptors (Lipinski definition) is 2. The maximum absolute atomic E-state index is 9.37. The molecule has 0 aromatic rings. The van der Waals surface area contributed by atoms with Crippen molar-refractivity contribution in [2.24, 2.45) is 5.92 Å². The lowest BCUT2D eigenvalue weighted by Crippen LogP contribution is -2.58. The van der Waals surface area contributed by atoms with Crippen molar-refractivity contribution in [1.82, 2.24) is 4.90 Å². The first-order valence-corrected chi connectivity index (χ1v) is 5.63. The summed E-state index contributed by atoms with van der Waals surface area (Å²) in [5.41, 5.74) is 0.325. The van der Waals surface area contributed by atoms with E-state index in [2.05, 4.69) is 11.8 Å². The molecule has 0 bridgehead atoms. The summed E-state index contributed by atoms with van der Waals surface area (Å²) >= 11 is 0. The zero-order valence-corrected chi connectivity index (χ0v) is 8.63. The van der Waals surface area contributed by atoms with Crippen LogP contribution in [0.25, 0.3) is 0 Å². The van der Waals surface area contributed by atoms with Crippen LogP contribution in [0.5, 0.6) is 0 Å². The van der Waals surface area contributed by atoms with Crippen LogP contribution < -0.4 is 0 Å². The molecule has 2 rings (SSSR count). The number of aliphatic hydroxyl groups excluding tert-OH is 1. The Bertz CT molecular complexity index is 172. The first kappa shape index (κ1) is 9.47. The first-order chi connectivity index (χ1) is 6.27. The lowest BCUT2D eigenvalue weighted by molar-refractivity contribution is -0.0416. The lowest BCUT2D eigenvalue weighted by Gasteiger charge is -2.52. The summed E-state index contributed by atoms with van der Waals surface area (Å²) in [4.78, 5) is 2.61. The Morgan fingerprint density at radius 3 is 2.85 bits per heavy atom. The van der Waals surface area contributed by atoms with Crippen LogP contribution in [0, 0.1) is 5.92 Å². The average Bonchev–Trinajstić information content (AvgIpc) is 2.16. The van der Waals surface area contributed by atoms with Gasteiger partial charge in [0.05, 0.1) is 0 Å². The van der Waals surface area contributed by atoms with Crippen molar-refractivity contribution < 1.29 is 5.11 Å². The summed E-state index contributed by atoms with van der Waals surface area (Å²) < 4.78 is 0. The van der Waals surface area contributed by atoms with Gasteiger partial charge in [-0.3, -0.25) is 4.90 Å². The van der Waals surface area contributed by atoms with E-state index in [4.69, 9.17) is 0 Å². The second kappa shape index (κ2) is 3.58. The molecule has 0 saturated carbocycles. The van der Waals surface area contributed by atoms with Gasteiger partial charge in [-0.25, -0.2) is 0 Å². The van der Waals surface area contributed by atoms with Crippen molar-refractivity contribution in [1.29, 1.82) is 0 Å². The molecule has 2 atom stereocenters. The van der Waals surface area contributed by atoms with E-state index in [-0.39, 0.29) is 0 Å². The first-order valence-electron chi connectivity index (χ1n) is 5.63. The minimum Gasteiger partial charge on any atom is -0.396 e. The highest BCUT2D eigenvalue weighted by Gasteiger charge is 2.42. The van der Waals surface area contributed by atoms with Gasteiger partial charge in [-0.1, -0.05) is 6.42 Å². The summed E-state index contributed by atoms with van der Waals surface area (Å²) in [6, 6.07) is 0. The van der Waals surface area contributed by atoms with Crippen molar-refractivity contribution in [2.75, 3.05) is 19.7 Å². The second-order valence-corrected chi connectivity index (χ2v) is 4.82. The maximum Gasteiger partial charge on any atom is 0.0476 e. The maximum atomic E-state index is 9.37. The van der Waals surface area contributed by atoms with Crippen molar-refractivity contribution in [3.63, 3.8) is 0 Å². The second-order valence-electron chi connectivity index (χ2n) is 4.82. The zero-order valence-electron chi connectivity index (χ0n) is 8.63. The topological polar surface area (TPSA) is 23.5 Å². The summed E-state index contributed by atoms with van der Waals surface area (Å²) in [5.74, 6) is 0.529. The molecule has 0 aromatic heterocycles. The van der Waals surface area contributed by atoms with E-state index in [1.165, 1.54) is 45.2 Å². The van der Waals surface area contributed by atoms with E-state index < -0.39 is 0 Å². The van der Waals surface area contributed by atoms with Crippen LogP contribution in [-0.4, -0.2) is 35.2 Å². The van der Waals surface area contributed by atoms with Crippen LogP contribution in [0.4, 0.5) is 0 Å². The van der Waals surface area contributed by atoms with Gasteiger partial charge in [-0.2, -0.15) is 0 Å². The number of piperidine rings is 2. The van der Waals surface area contributed by atoms with Crippen LogP contribution in [0.15, 0.2) is 0 Å². The van der Waals surface area contributed by atoms with Gasteiger partial charge in [-0.05, 0) is 45.7 Å². The molecule has 2 aliphatic rings. The molecule has 76 valence electrons. The molecule has 0 unspecified atom stereocenters. The SMILES string of the molecule is C[C@]12CCCCN1CCC[C@@H]2CO. The van der Waals surface area contributed by atoms with Gasteiger partial charge in [0.1, 0.15) is 0 Å². The largest absolute Gasteiger partial charge is 0.396 e. The van der Waals surface area contributed by atoms with Gasteiger partial charge < -0.3 is 5.11 Å². The van der Waals surface area contributed by atoms with Gasteiger partial charge in [0.15, 0.2) is 0 Å². The molecule has 0 aliphatic carbocycles. The van der Waals surface area contributed by atoms with Gasteiger partial charge >= 0.3 is 0 Å². The minimum atomic E-state index is 0.325. The predicted octanol–water partition coefficient (Wildman–Crippen LogP) is 1.63. The summed E-state index contributed by atoms with van der Waals surface area (Å²) in [5, 5.41) is 9.37. The monoisotopic (exact) mass is 183 g/mol. The number of aliphatic hydroxyl groups is 1. The van der Waals surface area contributed by atoms with Crippen LogP contribution in [0.2, 0.25) is 0 Å². The zero-order chi connectivity index (χ0) is 9.31. The lowest BCUT2D eigenvalue weighted by atomic mass is 9.73. The third-order valence-corrected chi connectivity index (χ3v) is 4.16. The molecule has 0 aromatic carbocycles. The molecule has 2 saturated heterocycles. The Balaban J connectivity index is 2.14. The number of hydrogen-bond donors (Lipinski definition) is 1. The fraction of sp³-hybridized carbons (Fsp3) is 1.00. The van der Waals surface area contributed by atoms with E-state index in [0.29, 0.717) is 18.1 Å². The van der Waals surface area contributed by atoms with E-state index >= 15 is 0 Å². The van der Waals surface area contributed by atoms with E-state index in [1.807, 2.05) is 0 Å². The highest BCUT2D eigenvalue weighted by atomic mass is 16.3. The van der Waals surface area contributed by atoms with E-state index in [1.54, 1.807) is 0 Å². The molecule has 0 spiro atoms. The molecule has 2 aliphatic heterocycles. The quantitative estimate of drug-likeness (QED) is 0.668. The summed E-state index contributed by atoms with van der Waals surface area (Å²) in [7, 11) is 0. The fourth-order valence-corrected chi connectivity index (χ4v) is 3.16. The standard InChI is InChI=1S/C11H21NO/c1-11-6-2-3-7-12(11)8-4-5-10(11)9-13/h10,13H,2-9H2,1H3/t10-,11-/m1/s1. The number of nitrogens with zero attached hydrogens (tertiary/aromatic N) is 1. The molecule has 2 heteroatoms. The Labute approximate surface area is 80.9 Å². The smallest absolute Gasteiger partial charge is 0.0476 e. The molecule has 2 nitrogen and oxygen atoms in total. The Morgan fingerprint density at radius 1 is 1.31 bits per heavy atom. The normalized spacial score (nSPS) is 41.5. The Morgan fingerprint density at radius 2 is 2.08 bits per heavy atom. The molecule has 13 heavy (non-hydrogen) atoms. The Hall–Kier alpha value is -0.0800. The minimum absolute atomic E-state index is 0.325. The van der Waals surface area contributed by atoms with Gasteiger partial charge in [0.25, 0.3) is 0 Å². The Kier molecular flexibility index (Phi) is 2.61. The predicted molar refractivity (Wildman–Crippen MR) is 53.6 cm³/mol. The third-order valence-electron chi connectivity index (χ3n) is 4.16. The van der Waals surface area contributed by atoms with Crippen LogP contribution >= 0.6 is 0 Å². The number of rotatable bonds is 1. The highest BCUT2D eigenvalue weighted by Crippen LogP contribution is 2.39. The van der Waals surface area contributed by atoms with Gasteiger partial charge in [0, 0.05) is 18.1 Å². The van der Waals surface area contributed by atoms with E-state index in [0.717, 1.165) is 0 Å². The molecular formula is C11H21NO. The van der Waals surface area contributed by atoms with Crippen molar-refractivity contribution in [2.45, 2.75) is 44.6 Å². The average molecular weight is 183 g/mol. The van der Waals surface area contributed by atoms with Crippen LogP contribution in [0.1, 0.15) is 39.0 Å². The molecule has 2 fully saturated rings. The highest BCUT2D eigenvalue weighted by molar-refractivity contribution is 4.97. The van der Waals surface area contributed by atoms with Crippen molar-refractivity contribution in [3.8, 4) is 0 Å². The summed E-state index contributed by atoms with van der Waals surface area (Å²) in [6.07, 6.45) is 6.50. The number of fused-ring (bicyclic) bond motifs is 1. The van der Waals surface area contributed by atoms with Crippen LogP contribution in [0.3, 0.4) is 0 Å². The molecule has 0 amide bonds. The molecule has 2 heterocycles. The molecular weight excluding hydrogens is 162 g/mol. The molecule has 0 radical (unpaired) electrons.